The molecule has 2 atom stereocenters. The van der Waals surface area contributed by atoms with E-state index in [-0.39, 0.29) is 18.5 Å². The lowest BCUT2D eigenvalue weighted by molar-refractivity contribution is -0.143. The van der Waals surface area contributed by atoms with E-state index in [9.17, 15) is 19.8 Å². The standard InChI is InChI=1S/C60H119NO5/c1-3-5-7-9-11-13-15-17-19-20-21-22-23-24-25-26-27-28-32-36-40-44-48-52-58(63)57(56-62)61-59(64)53-49-45-41-37-33-30-31-35-39-43-47-51-55-66-60(65)54-50-46-42-38-34-29-18-16-14-12-10-8-6-4-2/h57-58,62-63H,3-56H2,1-2H3,(H,61,64). The molecule has 6 heteroatoms. The van der Waals surface area contributed by atoms with Gasteiger partial charge < -0.3 is 20.3 Å². The summed E-state index contributed by atoms with van der Waals surface area (Å²) in [5.41, 5.74) is 0. The topological polar surface area (TPSA) is 95.9 Å². The van der Waals surface area contributed by atoms with Gasteiger partial charge in [0.1, 0.15) is 0 Å². The molecule has 0 heterocycles. The van der Waals surface area contributed by atoms with E-state index in [1.165, 1.54) is 257 Å². The Hall–Kier alpha value is -1.14. The third-order valence-corrected chi connectivity index (χ3v) is 14.4. The predicted octanol–water partition coefficient (Wildman–Crippen LogP) is 18.7. The number of hydrogen-bond acceptors (Lipinski definition) is 5. The van der Waals surface area contributed by atoms with Crippen LogP contribution in [0.15, 0.2) is 0 Å². The van der Waals surface area contributed by atoms with Crippen LogP contribution in [0.4, 0.5) is 0 Å². The Labute approximate surface area is 413 Å². The lowest BCUT2D eigenvalue weighted by Gasteiger charge is -2.22. The first-order valence-corrected chi connectivity index (χ1v) is 30.3. The van der Waals surface area contributed by atoms with E-state index in [0.717, 1.165) is 57.8 Å². The van der Waals surface area contributed by atoms with Crippen LogP contribution in [-0.4, -0.2) is 47.4 Å². The molecule has 0 aromatic rings. The van der Waals surface area contributed by atoms with Crippen molar-refractivity contribution >= 4 is 11.9 Å². The fraction of sp³-hybridized carbons (Fsp3) is 0.967. The van der Waals surface area contributed by atoms with Gasteiger partial charge >= 0.3 is 5.97 Å². The zero-order valence-electron chi connectivity index (χ0n) is 45.0. The van der Waals surface area contributed by atoms with Crippen LogP contribution >= 0.6 is 0 Å². The summed E-state index contributed by atoms with van der Waals surface area (Å²) in [7, 11) is 0. The van der Waals surface area contributed by atoms with Crippen LogP contribution in [0.5, 0.6) is 0 Å². The zero-order valence-corrected chi connectivity index (χ0v) is 45.0. The molecule has 0 aliphatic heterocycles. The number of aliphatic hydroxyl groups is 2. The van der Waals surface area contributed by atoms with Crippen molar-refractivity contribution in [1.82, 2.24) is 5.32 Å². The van der Waals surface area contributed by atoms with E-state index in [0.29, 0.717) is 25.9 Å². The fourth-order valence-electron chi connectivity index (χ4n) is 9.76. The van der Waals surface area contributed by atoms with Crippen LogP contribution in [0.1, 0.15) is 348 Å². The minimum absolute atomic E-state index is 0.00533. The summed E-state index contributed by atoms with van der Waals surface area (Å²) in [5.74, 6) is -0.0509. The first-order valence-electron chi connectivity index (χ1n) is 30.3. The highest BCUT2D eigenvalue weighted by Gasteiger charge is 2.20. The summed E-state index contributed by atoms with van der Waals surface area (Å²) in [4.78, 5) is 24.6. The Morgan fingerprint density at radius 3 is 0.924 bits per heavy atom. The lowest BCUT2D eigenvalue weighted by atomic mass is 10.0. The Bertz CT molecular complexity index is 944. The molecule has 0 spiro atoms. The maximum absolute atomic E-state index is 12.5. The molecule has 0 aromatic heterocycles. The molecule has 0 bridgehead atoms. The molecule has 0 saturated carbocycles. The fourth-order valence-corrected chi connectivity index (χ4v) is 9.76. The number of rotatable bonds is 57. The number of ether oxygens (including phenoxy) is 1. The number of carbonyl (C=O) groups is 2. The van der Waals surface area contributed by atoms with Gasteiger partial charge in [0.15, 0.2) is 0 Å². The first kappa shape index (κ1) is 64.9. The number of carbonyl (C=O) groups excluding carboxylic acids is 2. The van der Waals surface area contributed by atoms with Crippen LogP contribution < -0.4 is 5.32 Å². The minimum atomic E-state index is -0.674. The number of esters is 1. The quantitative estimate of drug-likeness (QED) is 0.0417. The van der Waals surface area contributed by atoms with E-state index in [1.54, 1.807) is 0 Å². The van der Waals surface area contributed by atoms with Crippen LogP contribution in [-0.2, 0) is 14.3 Å². The van der Waals surface area contributed by atoms with Crippen LogP contribution in [0.25, 0.3) is 0 Å². The molecule has 66 heavy (non-hydrogen) atoms. The summed E-state index contributed by atoms with van der Waals surface area (Å²) in [6, 6.07) is -0.553. The van der Waals surface area contributed by atoms with Crippen LogP contribution in [0.3, 0.4) is 0 Å². The molecule has 0 aliphatic rings. The van der Waals surface area contributed by atoms with E-state index >= 15 is 0 Å². The smallest absolute Gasteiger partial charge is 0.305 e. The number of unbranched alkanes of at least 4 members (excludes halogenated alkanes) is 46. The summed E-state index contributed by atoms with van der Waals surface area (Å²) >= 11 is 0. The molecule has 3 N–H and O–H groups in total. The molecule has 0 aliphatic carbocycles. The van der Waals surface area contributed by atoms with Gasteiger partial charge in [0.25, 0.3) is 0 Å². The average molecular weight is 935 g/mol. The van der Waals surface area contributed by atoms with Crippen molar-refractivity contribution in [1.29, 1.82) is 0 Å². The lowest BCUT2D eigenvalue weighted by Crippen LogP contribution is -2.45. The number of amides is 1. The summed E-state index contributed by atoms with van der Waals surface area (Å²) in [6.07, 6.45) is 65.3. The highest BCUT2D eigenvalue weighted by molar-refractivity contribution is 5.76. The minimum Gasteiger partial charge on any atom is -0.466 e. The highest BCUT2D eigenvalue weighted by Crippen LogP contribution is 2.18. The van der Waals surface area contributed by atoms with Gasteiger partial charge in [-0.15, -0.1) is 0 Å². The predicted molar refractivity (Wildman–Crippen MR) is 287 cm³/mol. The van der Waals surface area contributed by atoms with E-state index in [4.69, 9.17) is 4.74 Å². The molecule has 0 radical (unpaired) electrons. The van der Waals surface area contributed by atoms with Crippen molar-refractivity contribution in [2.24, 2.45) is 0 Å². The van der Waals surface area contributed by atoms with Gasteiger partial charge in [-0.05, 0) is 25.7 Å². The maximum Gasteiger partial charge on any atom is 0.305 e. The van der Waals surface area contributed by atoms with Gasteiger partial charge in [0.2, 0.25) is 5.91 Å². The molecular weight excluding hydrogens is 815 g/mol. The molecular formula is C60H119NO5. The van der Waals surface area contributed by atoms with Crippen molar-refractivity contribution in [2.45, 2.75) is 360 Å². The van der Waals surface area contributed by atoms with Crippen LogP contribution in [0, 0.1) is 0 Å². The Kier molecular flexibility index (Phi) is 55.5. The monoisotopic (exact) mass is 934 g/mol. The van der Waals surface area contributed by atoms with Gasteiger partial charge in [-0.25, -0.2) is 0 Å². The zero-order chi connectivity index (χ0) is 47.9. The molecule has 0 rings (SSSR count). The van der Waals surface area contributed by atoms with Crippen molar-refractivity contribution in [2.75, 3.05) is 13.2 Å². The van der Waals surface area contributed by atoms with Crippen molar-refractivity contribution in [3.63, 3.8) is 0 Å². The average Bonchev–Trinajstić information content (AvgIpc) is 3.32. The summed E-state index contributed by atoms with van der Waals surface area (Å²) in [6.45, 7) is 4.96. The number of nitrogens with one attached hydrogen (secondary N) is 1. The second-order valence-corrected chi connectivity index (χ2v) is 21.1. The summed E-state index contributed by atoms with van der Waals surface area (Å²) in [5, 5.41) is 23.4. The normalized spacial score (nSPS) is 12.5. The second-order valence-electron chi connectivity index (χ2n) is 21.1. The third kappa shape index (κ3) is 52.2. The Balaban J connectivity index is 3.43. The molecule has 0 saturated heterocycles. The number of hydrogen-bond donors (Lipinski definition) is 3. The SMILES string of the molecule is CCCCCCCCCCCCCCCCCCCCCCCCCC(O)C(CO)NC(=O)CCCCCCCCCCCCCCOC(=O)CCCCCCCCCCCCCCCC. The molecule has 2 unspecified atom stereocenters. The van der Waals surface area contributed by atoms with Crippen molar-refractivity contribution in [3.8, 4) is 0 Å². The molecule has 394 valence electrons. The van der Waals surface area contributed by atoms with Gasteiger partial charge in [-0.2, -0.15) is 0 Å². The van der Waals surface area contributed by atoms with Gasteiger partial charge in [-0.3, -0.25) is 9.59 Å². The van der Waals surface area contributed by atoms with Gasteiger partial charge in [0.05, 0.1) is 25.4 Å². The molecule has 0 aromatic carbocycles. The Morgan fingerprint density at radius 1 is 0.364 bits per heavy atom. The van der Waals surface area contributed by atoms with Crippen molar-refractivity contribution in [3.05, 3.63) is 0 Å². The largest absolute Gasteiger partial charge is 0.466 e. The molecule has 6 nitrogen and oxygen atoms in total. The Morgan fingerprint density at radius 2 is 0.621 bits per heavy atom. The number of aliphatic hydroxyl groups excluding tert-OH is 2. The van der Waals surface area contributed by atoms with Crippen molar-refractivity contribution < 1.29 is 24.5 Å². The van der Waals surface area contributed by atoms with E-state index in [2.05, 4.69) is 19.2 Å². The van der Waals surface area contributed by atoms with Gasteiger partial charge in [-0.1, -0.05) is 309 Å². The van der Waals surface area contributed by atoms with E-state index < -0.39 is 12.1 Å². The summed E-state index contributed by atoms with van der Waals surface area (Å²) < 4.78 is 5.47. The second kappa shape index (κ2) is 56.4. The maximum atomic E-state index is 12.5. The molecule has 0 fully saturated rings. The first-order chi connectivity index (χ1) is 32.5. The van der Waals surface area contributed by atoms with Gasteiger partial charge in [0, 0.05) is 12.8 Å². The van der Waals surface area contributed by atoms with E-state index in [1.807, 2.05) is 0 Å². The van der Waals surface area contributed by atoms with Crippen LogP contribution in [0.2, 0.25) is 0 Å². The third-order valence-electron chi connectivity index (χ3n) is 14.4. The highest BCUT2D eigenvalue weighted by atomic mass is 16.5. The molecule has 1 amide bonds.